The maximum atomic E-state index is 11.1. The summed E-state index contributed by atoms with van der Waals surface area (Å²) in [5.41, 5.74) is 0.676. The summed E-state index contributed by atoms with van der Waals surface area (Å²) in [5.74, 6) is 0.0618. The number of carbonyl (C=O) groups is 1. The van der Waals surface area contributed by atoms with Crippen LogP contribution in [-0.4, -0.2) is 33.6 Å². The molecule has 0 aromatic carbocycles. The van der Waals surface area contributed by atoms with Crippen LogP contribution in [0.2, 0.25) is 0 Å². The Kier molecular flexibility index (Phi) is 5.37. The van der Waals surface area contributed by atoms with Crippen LogP contribution in [0.3, 0.4) is 0 Å². The van der Waals surface area contributed by atoms with Gasteiger partial charge in [-0.05, 0) is 13.8 Å². The van der Waals surface area contributed by atoms with Gasteiger partial charge in [0.25, 0.3) is 0 Å². The minimum Gasteiger partial charge on any atom is -0.478 e. The Bertz CT molecular complexity index is 410. The van der Waals surface area contributed by atoms with Gasteiger partial charge in [-0.2, -0.15) is 0 Å². The van der Waals surface area contributed by atoms with Crippen LogP contribution in [0.5, 0.6) is 0 Å². The number of ether oxygens (including phenoxy) is 1. The van der Waals surface area contributed by atoms with E-state index >= 15 is 0 Å². The molecule has 0 saturated heterocycles. The molecule has 0 aliphatic rings. The quantitative estimate of drug-likeness (QED) is 0.364. The fourth-order valence-electron chi connectivity index (χ4n) is 1.29. The Morgan fingerprint density at radius 1 is 1.41 bits per heavy atom. The van der Waals surface area contributed by atoms with Crippen molar-refractivity contribution in [2.24, 2.45) is 0 Å². The lowest BCUT2D eigenvalue weighted by Gasteiger charge is -2.09. The molecule has 0 spiro atoms. The van der Waals surface area contributed by atoms with E-state index in [0.717, 1.165) is 0 Å². The molecule has 94 valence electrons. The molecular weight excluding hydrogens is 240 g/mol. The summed E-state index contributed by atoms with van der Waals surface area (Å²) in [6.45, 7) is 6.11. The van der Waals surface area contributed by atoms with Crippen molar-refractivity contribution in [2.45, 2.75) is 32.2 Å². The van der Waals surface area contributed by atoms with Crippen molar-refractivity contribution in [3.8, 4) is 0 Å². The number of aryl methyl sites for hydroxylation is 2. The van der Waals surface area contributed by atoms with Gasteiger partial charge in [-0.3, -0.25) is 0 Å². The second-order valence-electron chi connectivity index (χ2n) is 3.32. The summed E-state index contributed by atoms with van der Waals surface area (Å²) in [6.07, 6.45) is 0.683. The van der Waals surface area contributed by atoms with Gasteiger partial charge in [0.1, 0.15) is 16.4 Å². The molecule has 0 bridgehead atoms. The van der Waals surface area contributed by atoms with E-state index in [1.165, 1.54) is 11.8 Å². The molecule has 1 heterocycles. The smallest absolute Gasteiger partial charge is 0.340 e. The molecule has 1 aromatic heterocycles. The summed E-state index contributed by atoms with van der Waals surface area (Å²) in [6, 6.07) is 0. The normalized spacial score (nSPS) is 10.5. The Labute approximate surface area is 105 Å². The lowest BCUT2D eigenvalue weighted by molar-refractivity contribution is 0.0690. The van der Waals surface area contributed by atoms with Crippen molar-refractivity contribution in [1.82, 2.24) is 9.97 Å². The fraction of sp³-hybridized carbons (Fsp3) is 0.545. The first kappa shape index (κ1) is 13.9. The SMILES string of the molecule is CCOCSc1nc(CC)nc(C)c1C(=O)O. The van der Waals surface area contributed by atoms with Crippen LogP contribution < -0.4 is 0 Å². The van der Waals surface area contributed by atoms with Crippen molar-refractivity contribution in [2.75, 3.05) is 12.5 Å². The highest BCUT2D eigenvalue weighted by Gasteiger charge is 2.17. The third-order valence-corrected chi connectivity index (χ3v) is 2.97. The Morgan fingerprint density at radius 2 is 2.12 bits per heavy atom. The van der Waals surface area contributed by atoms with Crippen LogP contribution in [-0.2, 0) is 11.2 Å². The molecule has 0 amide bonds. The zero-order valence-corrected chi connectivity index (χ0v) is 11.0. The standard InChI is InChI=1S/C11H16N2O3S/c1-4-8-12-7(3)9(11(14)15)10(13-8)17-6-16-5-2/h4-6H2,1-3H3,(H,14,15). The van der Waals surface area contributed by atoms with E-state index in [4.69, 9.17) is 9.84 Å². The van der Waals surface area contributed by atoms with E-state index in [-0.39, 0.29) is 5.56 Å². The molecule has 5 nitrogen and oxygen atoms in total. The van der Waals surface area contributed by atoms with Gasteiger partial charge in [-0.15, -0.1) is 0 Å². The number of hydrogen-bond acceptors (Lipinski definition) is 5. The van der Waals surface area contributed by atoms with Gasteiger partial charge >= 0.3 is 5.97 Å². The van der Waals surface area contributed by atoms with Crippen LogP contribution in [0.4, 0.5) is 0 Å². The molecule has 0 radical (unpaired) electrons. The molecule has 0 unspecified atom stereocenters. The molecule has 1 N–H and O–H groups in total. The van der Waals surface area contributed by atoms with E-state index in [0.29, 0.717) is 35.5 Å². The van der Waals surface area contributed by atoms with Gasteiger partial charge in [0, 0.05) is 13.0 Å². The van der Waals surface area contributed by atoms with Gasteiger partial charge in [0.15, 0.2) is 0 Å². The number of aromatic nitrogens is 2. The lowest BCUT2D eigenvalue weighted by Crippen LogP contribution is -2.09. The predicted molar refractivity (Wildman–Crippen MR) is 65.5 cm³/mol. The van der Waals surface area contributed by atoms with Crippen LogP contribution in [0, 0.1) is 6.92 Å². The van der Waals surface area contributed by atoms with E-state index in [1.807, 2.05) is 13.8 Å². The maximum Gasteiger partial charge on any atom is 0.340 e. The highest BCUT2D eigenvalue weighted by Crippen LogP contribution is 2.23. The van der Waals surface area contributed by atoms with Gasteiger partial charge < -0.3 is 9.84 Å². The minimum atomic E-state index is -0.996. The maximum absolute atomic E-state index is 11.1. The second kappa shape index (κ2) is 6.56. The Hall–Kier alpha value is -1.14. The molecule has 6 heteroatoms. The molecule has 0 fully saturated rings. The molecule has 0 aliphatic carbocycles. The molecule has 0 atom stereocenters. The van der Waals surface area contributed by atoms with Crippen LogP contribution in [0.25, 0.3) is 0 Å². The van der Waals surface area contributed by atoms with Gasteiger partial charge in [-0.25, -0.2) is 14.8 Å². The zero-order valence-electron chi connectivity index (χ0n) is 10.2. The molecular formula is C11H16N2O3S. The lowest BCUT2D eigenvalue weighted by atomic mass is 10.2. The number of rotatable bonds is 6. The van der Waals surface area contributed by atoms with Gasteiger partial charge in [-0.1, -0.05) is 18.7 Å². The van der Waals surface area contributed by atoms with Gasteiger partial charge in [0.2, 0.25) is 0 Å². The largest absolute Gasteiger partial charge is 0.478 e. The first-order chi connectivity index (χ1) is 8.10. The number of carboxylic acid groups (broad SMARTS) is 1. The van der Waals surface area contributed by atoms with Crippen molar-refractivity contribution in [3.63, 3.8) is 0 Å². The number of aromatic carboxylic acids is 1. The Balaban J connectivity index is 3.04. The van der Waals surface area contributed by atoms with E-state index in [9.17, 15) is 4.79 Å². The van der Waals surface area contributed by atoms with E-state index < -0.39 is 5.97 Å². The summed E-state index contributed by atoms with van der Waals surface area (Å²) < 4.78 is 5.20. The average molecular weight is 256 g/mol. The van der Waals surface area contributed by atoms with Crippen LogP contribution in [0.1, 0.15) is 35.7 Å². The number of hydrogen-bond donors (Lipinski definition) is 1. The Morgan fingerprint density at radius 3 is 2.65 bits per heavy atom. The monoisotopic (exact) mass is 256 g/mol. The highest BCUT2D eigenvalue weighted by atomic mass is 32.2. The summed E-state index contributed by atoms with van der Waals surface area (Å²) in [4.78, 5) is 19.5. The topological polar surface area (TPSA) is 72.3 Å². The van der Waals surface area contributed by atoms with Gasteiger partial charge in [0.05, 0.1) is 11.6 Å². The number of carboxylic acids is 1. The third-order valence-electron chi connectivity index (χ3n) is 2.12. The second-order valence-corrected chi connectivity index (χ2v) is 4.23. The van der Waals surface area contributed by atoms with Crippen molar-refractivity contribution in [1.29, 1.82) is 0 Å². The minimum absolute atomic E-state index is 0.173. The first-order valence-electron chi connectivity index (χ1n) is 5.41. The summed E-state index contributed by atoms with van der Waals surface area (Å²) in [7, 11) is 0. The van der Waals surface area contributed by atoms with Crippen LogP contribution >= 0.6 is 11.8 Å². The first-order valence-corrected chi connectivity index (χ1v) is 6.40. The molecule has 17 heavy (non-hydrogen) atoms. The highest BCUT2D eigenvalue weighted by molar-refractivity contribution is 7.99. The molecule has 0 saturated carbocycles. The molecule has 0 aliphatic heterocycles. The fourth-order valence-corrected chi connectivity index (χ4v) is 2.20. The number of nitrogens with zero attached hydrogens (tertiary/aromatic N) is 2. The number of thioether (sulfide) groups is 1. The average Bonchev–Trinajstić information content (AvgIpc) is 2.28. The molecule has 1 aromatic rings. The molecule has 1 rings (SSSR count). The third kappa shape index (κ3) is 3.67. The predicted octanol–water partition coefficient (Wildman–Crippen LogP) is 2.13. The van der Waals surface area contributed by atoms with Crippen LogP contribution in [0.15, 0.2) is 5.03 Å². The van der Waals surface area contributed by atoms with Crippen molar-refractivity contribution < 1.29 is 14.6 Å². The van der Waals surface area contributed by atoms with E-state index in [1.54, 1.807) is 6.92 Å². The van der Waals surface area contributed by atoms with E-state index in [2.05, 4.69) is 9.97 Å². The summed E-state index contributed by atoms with van der Waals surface area (Å²) in [5, 5.41) is 9.61. The zero-order chi connectivity index (χ0) is 12.8. The van der Waals surface area contributed by atoms with Crippen molar-refractivity contribution in [3.05, 3.63) is 17.1 Å². The van der Waals surface area contributed by atoms with Crippen molar-refractivity contribution >= 4 is 17.7 Å². The summed E-state index contributed by atoms with van der Waals surface area (Å²) >= 11 is 1.29.